The number of carbonyl (C=O) groups excluding carboxylic acids is 1. The number of hydrogen-bond acceptors (Lipinski definition) is 4. The maximum atomic E-state index is 13.7. The molecular formula is C20H24ClFN2O3. The molecule has 146 valence electrons. The van der Waals surface area contributed by atoms with Gasteiger partial charge in [0.05, 0.1) is 12.6 Å². The Morgan fingerprint density at radius 3 is 2.67 bits per heavy atom. The molecular weight excluding hydrogens is 371 g/mol. The minimum atomic E-state index is -0.697. The van der Waals surface area contributed by atoms with E-state index in [1.807, 2.05) is 19.1 Å². The molecule has 0 saturated carbocycles. The van der Waals surface area contributed by atoms with Gasteiger partial charge >= 0.3 is 0 Å². The standard InChI is InChI=1S/C20H23FN2O3.ClH/c1-20(19(22)24)10-9-16(23-20)13-7-8-17(18(11-13)25-2)26-12-14-5-3-4-6-15(14)21;/h3-8,11,16,23H,9-10,12H2,1-2H3,(H2,22,24);1H/t16-,20+;/m1./s1. The Kier molecular flexibility index (Phi) is 6.68. The van der Waals surface area contributed by atoms with Crippen LogP contribution in [0.15, 0.2) is 42.5 Å². The molecule has 0 aromatic heterocycles. The number of rotatable bonds is 6. The Hall–Kier alpha value is -2.31. The predicted molar refractivity (Wildman–Crippen MR) is 104 cm³/mol. The quantitative estimate of drug-likeness (QED) is 0.786. The van der Waals surface area contributed by atoms with Crippen LogP contribution in [0.2, 0.25) is 0 Å². The number of nitrogens with one attached hydrogen (secondary N) is 1. The zero-order valence-electron chi connectivity index (χ0n) is 15.3. The Balaban J connectivity index is 0.00000261. The van der Waals surface area contributed by atoms with Gasteiger partial charge in [-0.25, -0.2) is 4.39 Å². The summed E-state index contributed by atoms with van der Waals surface area (Å²) in [5.74, 6) is 0.448. The first-order chi connectivity index (χ1) is 12.4. The summed E-state index contributed by atoms with van der Waals surface area (Å²) in [6.07, 6.45) is 1.48. The number of nitrogens with two attached hydrogens (primary N) is 1. The van der Waals surface area contributed by atoms with Gasteiger partial charge in [0.25, 0.3) is 0 Å². The van der Waals surface area contributed by atoms with Crippen LogP contribution in [0.25, 0.3) is 0 Å². The van der Waals surface area contributed by atoms with Crippen molar-refractivity contribution in [2.24, 2.45) is 5.73 Å². The number of ether oxygens (including phenoxy) is 2. The summed E-state index contributed by atoms with van der Waals surface area (Å²) in [6, 6.07) is 12.1. The third-order valence-electron chi connectivity index (χ3n) is 4.90. The van der Waals surface area contributed by atoms with E-state index in [1.165, 1.54) is 6.07 Å². The summed E-state index contributed by atoms with van der Waals surface area (Å²) in [7, 11) is 1.56. The van der Waals surface area contributed by atoms with Crippen LogP contribution in [0.4, 0.5) is 4.39 Å². The molecule has 0 radical (unpaired) electrons. The zero-order chi connectivity index (χ0) is 18.7. The van der Waals surface area contributed by atoms with E-state index < -0.39 is 5.54 Å². The van der Waals surface area contributed by atoms with Gasteiger partial charge in [0.15, 0.2) is 11.5 Å². The third kappa shape index (κ3) is 4.51. The van der Waals surface area contributed by atoms with Gasteiger partial charge in [-0.05, 0) is 43.5 Å². The molecule has 1 heterocycles. The summed E-state index contributed by atoms with van der Waals surface area (Å²) in [5, 5.41) is 3.30. The van der Waals surface area contributed by atoms with Crippen molar-refractivity contribution in [1.29, 1.82) is 0 Å². The first-order valence-corrected chi connectivity index (χ1v) is 8.55. The summed E-state index contributed by atoms with van der Waals surface area (Å²) in [6.45, 7) is 1.93. The van der Waals surface area contributed by atoms with Crippen LogP contribution < -0.4 is 20.5 Å². The van der Waals surface area contributed by atoms with E-state index >= 15 is 0 Å². The van der Waals surface area contributed by atoms with Crippen molar-refractivity contribution in [2.75, 3.05) is 7.11 Å². The molecule has 0 bridgehead atoms. The molecule has 0 spiro atoms. The molecule has 1 amide bonds. The lowest BCUT2D eigenvalue weighted by Gasteiger charge is -2.22. The molecule has 1 aliphatic rings. The van der Waals surface area contributed by atoms with E-state index in [2.05, 4.69) is 5.32 Å². The van der Waals surface area contributed by atoms with Crippen molar-refractivity contribution in [3.8, 4) is 11.5 Å². The number of carbonyl (C=O) groups is 1. The number of hydrogen-bond donors (Lipinski definition) is 2. The molecule has 27 heavy (non-hydrogen) atoms. The van der Waals surface area contributed by atoms with E-state index in [0.29, 0.717) is 23.5 Å². The predicted octanol–water partition coefficient (Wildman–Crippen LogP) is 3.50. The number of methoxy groups -OCH3 is 1. The lowest BCUT2D eigenvalue weighted by molar-refractivity contribution is -0.123. The molecule has 2 atom stereocenters. The van der Waals surface area contributed by atoms with E-state index in [9.17, 15) is 9.18 Å². The Morgan fingerprint density at radius 1 is 1.30 bits per heavy atom. The second-order valence-corrected chi connectivity index (χ2v) is 6.72. The highest BCUT2D eigenvalue weighted by Gasteiger charge is 2.39. The second kappa shape index (κ2) is 8.59. The zero-order valence-corrected chi connectivity index (χ0v) is 16.1. The van der Waals surface area contributed by atoms with Crippen molar-refractivity contribution >= 4 is 18.3 Å². The molecule has 1 fully saturated rings. The first kappa shape index (κ1) is 21.0. The van der Waals surface area contributed by atoms with Gasteiger partial charge in [0.1, 0.15) is 12.4 Å². The molecule has 1 aliphatic heterocycles. The van der Waals surface area contributed by atoms with Crippen LogP contribution in [0.1, 0.15) is 36.9 Å². The van der Waals surface area contributed by atoms with Crippen molar-refractivity contribution in [3.05, 3.63) is 59.4 Å². The van der Waals surface area contributed by atoms with E-state index in [-0.39, 0.29) is 36.8 Å². The van der Waals surface area contributed by atoms with Crippen molar-refractivity contribution in [3.63, 3.8) is 0 Å². The molecule has 3 N–H and O–H groups in total. The van der Waals surface area contributed by atoms with Crippen molar-refractivity contribution < 1.29 is 18.7 Å². The fraction of sp³-hybridized carbons (Fsp3) is 0.350. The molecule has 2 aromatic rings. The van der Waals surface area contributed by atoms with Gasteiger partial charge in [0, 0.05) is 11.6 Å². The van der Waals surface area contributed by atoms with E-state index in [4.69, 9.17) is 15.2 Å². The second-order valence-electron chi connectivity index (χ2n) is 6.72. The molecule has 7 heteroatoms. The topological polar surface area (TPSA) is 73.6 Å². The molecule has 1 saturated heterocycles. The maximum absolute atomic E-state index is 13.7. The summed E-state index contributed by atoms with van der Waals surface area (Å²) < 4.78 is 24.9. The van der Waals surface area contributed by atoms with Crippen molar-refractivity contribution in [1.82, 2.24) is 5.32 Å². The fourth-order valence-electron chi connectivity index (χ4n) is 3.20. The molecule has 3 rings (SSSR count). The number of halogens is 2. The fourth-order valence-corrected chi connectivity index (χ4v) is 3.20. The monoisotopic (exact) mass is 394 g/mol. The lowest BCUT2D eigenvalue weighted by atomic mass is 9.99. The minimum Gasteiger partial charge on any atom is -0.493 e. The van der Waals surface area contributed by atoms with Crippen LogP contribution in [0, 0.1) is 5.82 Å². The lowest BCUT2D eigenvalue weighted by Crippen LogP contribution is -2.49. The normalized spacial score (nSPS) is 21.4. The van der Waals surface area contributed by atoms with E-state index in [1.54, 1.807) is 31.4 Å². The Morgan fingerprint density at radius 2 is 2.04 bits per heavy atom. The molecule has 2 aromatic carbocycles. The Bertz CT molecular complexity index is 818. The van der Waals surface area contributed by atoms with Crippen LogP contribution in [0.3, 0.4) is 0 Å². The SMILES string of the molecule is COc1cc([C@H]2CC[C@@](C)(C(N)=O)N2)ccc1OCc1ccccc1F.Cl. The van der Waals surface area contributed by atoms with Crippen LogP contribution in [-0.4, -0.2) is 18.6 Å². The highest BCUT2D eigenvalue weighted by atomic mass is 35.5. The van der Waals surface area contributed by atoms with Gasteiger partial charge in [-0.1, -0.05) is 24.3 Å². The summed E-state index contributed by atoms with van der Waals surface area (Å²) >= 11 is 0. The first-order valence-electron chi connectivity index (χ1n) is 8.55. The largest absolute Gasteiger partial charge is 0.493 e. The van der Waals surface area contributed by atoms with Crippen LogP contribution in [-0.2, 0) is 11.4 Å². The minimum absolute atomic E-state index is 0. The van der Waals surface area contributed by atoms with Gasteiger partial charge in [-0.3, -0.25) is 10.1 Å². The van der Waals surface area contributed by atoms with Gasteiger partial charge in [-0.2, -0.15) is 0 Å². The molecule has 5 nitrogen and oxygen atoms in total. The number of primary amides is 1. The molecule has 0 unspecified atom stereocenters. The highest BCUT2D eigenvalue weighted by molar-refractivity contribution is 5.85. The average molecular weight is 395 g/mol. The van der Waals surface area contributed by atoms with Crippen LogP contribution >= 0.6 is 12.4 Å². The summed E-state index contributed by atoms with van der Waals surface area (Å²) in [4.78, 5) is 11.6. The maximum Gasteiger partial charge on any atom is 0.237 e. The highest BCUT2D eigenvalue weighted by Crippen LogP contribution is 2.37. The van der Waals surface area contributed by atoms with Gasteiger partial charge in [-0.15, -0.1) is 12.4 Å². The van der Waals surface area contributed by atoms with Gasteiger partial charge < -0.3 is 15.2 Å². The number of amides is 1. The third-order valence-corrected chi connectivity index (χ3v) is 4.90. The summed E-state index contributed by atoms with van der Waals surface area (Å²) in [5.41, 5.74) is 6.26. The Labute approximate surface area is 164 Å². The average Bonchev–Trinajstić information content (AvgIpc) is 3.05. The van der Waals surface area contributed by atoms with Crippen LogP contribution in [0.5, 0.6) is 11.5 Å². The molecule has 0 aliphatic carbocycles. The smallest absolute Gasteiger partial charge is 0.237 e. The van der Waals surface area contributed by atoms with Crippen molar-refractivity contribution in [2.45, 2.75) is 38.0 Å². The van der Waals surface area contributed by atoms with Gasteiger partial charge in [0.2, 0.25) is 5.91 Å². The van der Waals surface area contributed by atoms with E-state index in [0.717, 1.165) is 12.0 Å². The number of benzene rings is 2.